The topological polar surface area (TPSA) is 74.9 Å². The number of hydrogen-bond donors (Lipinski definition) is 1. The van der Waals surface area contributed by atoms with E-state index < -0.39 is 0 Å². The molecule has 22 heavy (non-hydrogen) atoms. The number of hydrogen-bond acceptors (Lipinski definition) is 4. The van der Waals surface area contributed by atoms with Crippen molar-refractivity contribution in [1.82, 2.24) is 10.3 Å². The second kappa shape index (κ2) is 6.77. The maximum Gasteiger partial charge on any atom is 0.245 e. The van der Waals surface area contributed by atoms with E-state index >= 15 is 0 Å². The Morgan fingerprint density at radius 1 is 1.36 bits per heavy atom. The van der Waals surface area contributed by atoms with Crippen molar-refractivity contribution in [3.63, 3.8) is 0 Å². The summed E-state index contributed by atoms with van der Waals surface area (Å²) in [5.74, 6) is 0.238. The van der Waals surface area contributed by atoms with Crippen LogP contribution in [0.1, 0.15) is 44.3 Å². The van der Waals surface area contributed by atoms with Crippen LogP contribution in [0.15, 0.2) is 27.9 Å². The second-order valence-electron chi connectivity index (χ2n) is 5.97. The van der Waals surface area contributed by atoms with Crippen molar-refractivity contribution in [2.75, 3.05) is 6.54 Å². The number of rotatable bonds is 4. The van der Waals surface area contributed by atoms with Gasteiger partial charge in [-0.3, -0.25) is 9.59 Å². The largest absolute Gasteiger partial charge is 0.467 e. The van der Waals surface area contributed by atoms with E-state index in [-0.39, 0.29) is 24.2 Å². The summed E-state index contributed by atoms with van der Waals surface area (Å²) in [6, 6.07) is 3.62. The Bertz CT molecular complexity index is 557. The second-order valence-corrected chi connectivity index (χ2v) is 5.97. The SMILES string of the molecule is O=C(NN=C1CCCCC1)C1CC(=O)N(Cc2ccco2)C1. The maximum absolute atomic E-state index is 12.2. The monoisotopic (exact) mass is 303 g/mol. The van der Waals surface area contributed by atoms with Gasteiger partial charge in [0.05, 0.1) is 18.7 Å². The summed E-state index contributed by atoms with van der Waals surface area (Å²) in [5, 5.41) is 4.22. The van der Waals surface area contributed by atoms with Gasteiger partial charge in [-0.25, -0.2) is 5.43 Å². The van der Waals surface area contributed by atoms with Crippen LogP contribution in [0.25, 0.3) is 0 Å². The van der Waals surface area contributed by atoms with Gasteiger partial charge in [-0.1, -0.05) is 6.42 Å². The summed E-state index contributed by atoms with van der Waals surface area (Å²) in [6.07, 6.45) is 7.30. The molecule has 6 nitrogen and oxygen atoms in total. The van der Waals surface area contributed by atoms with Gasteiger partial charge in [0.2, 0.25) is 11.8 Å². The molecule has 1 saturated heterocycles. The zero-order chi connectivity index (χ0) is 15.4. The Balaban J connectivity index is 1.52. The van der Waals surface area contributed by atoms with Crippen molar-refractivity contribution in [1.29, 1.82) is 0 Å². The Labute approximate surface area is 129 Å². The Morgan fingerprint density at radius 3 is 2.91 bits per heavy atom. The molecular formula is C16H21N3O3. The average Bonchev–Trinajstić information content (AvgIpc) is 3.17. The van der Waals surface area contributed by atoms with E-state index in [1.54, 1.807) is 17.2 Å². The van der Waals surface area contributed by atoms with Crippen LogP contribution in [0.5, 0.6) is 0 Å². The highest BCUT2D eigenvalue weighted by Gasteiger charge is 2.34. The van der Waals surface area contributed by atoms with Crippen LogP contribution in [-0.4, -0.2) is 29.0 Å². The van der Waals surface area contributed by atoms with E-state index in [0.29, 0.717) is 13.1 Å². The fourth-order valence-electron chi connectivity index (χ4n) is 2.99. The van der Waals surface area contributed by atoms with Crippen molar-refractivity contribution in [3.8, 4) is 0 Å². The number of furan rings is 1. The lowest BCUT2D eigenvalue weighted by atomic mass is 9.99. The molecule has 0 radical (unpaired) electrons. The lowest BCUT2D eigenvalue weighted by Gasteiger charge is -2.15. The van der Waals surface area contributed by atoms with Gasteiger partial charge in [0.25, 0.3) is 0 Å². The van der Waals surface area contributed by atoms with Crippen LogP contribution in [0.2, 0.25) is 0 Å². The number of carbonyl (C=O) groups is 2. The number of amides is 2. The summed E-state index contributed by atoms with van der Waals surface area (Å²) in [6.45, 7) is 0.848. The van der Waals surface area contributed by atoms with Crippen molar-refractivity contribution >= 4 is 17.5 Å². The average molecular weight is 303 g/mol. The summed E-state index contributed by atoms with van der Waals surface area (Å²) < 4.78 is 5.25. The van der Waals surface area contributed by atoms with Gasteiger partial charge in [-0.2, -0.15) is 5.10 Å². The molecule has 1 aliphatic carbocycles. The molecule has 0 aromatic carbocycles. The molecule has 1 aromatic heterocycles. The van der Waals surface area contributed by atoms with Crippen LogP contribution in [0.3, 0.4) is 0 Å². The first kappa shape index (κ1) is 14.8. The molecule has 1 aliphatic heterocycles. The number of likely N-dealkylation sites (tertiary alicyclic amines) is 1. The first-order chi connectivity index (χ1) is 10.7. The Hall–Kier alpha value is -2.11. The van der Waals surface area contributed by atoms with Crippen molar-refractivity contribution in [3.05, 3.63) is 24.2 Å². The smallest absolute Gasteiger partial charge is 0.245 e. The summed E-state index contributed by atoms with van der Waals surface area (Å²) >= 11 is 0. The zero-order valence-corrected chi connectivity index (χ0v) is 12.6. The quantitative estimate of drug-likeness (QED) is 0.865. The van der Waals surface area contributed by atoms with Crippen molar-refractivity contribution in [2.24, 2.45) is 11.0 Å². The van der Waals surface area contributed by atoms with Gasteiger partial charge in [0, 0.05) is 18.7 Å². The third kappa shape index (κ3) is 3.55. The summed E-state index contributed by atoms with van der Waals surface area (Å²) in [4.78, 5) is 25.8. The van der Waals surface area contributed by atoms with Gasteiger partial charge in [-0.05, 0) is 37.8 Å². The number of nitrogens with one attached hydrogen (secondary N) is 1. The lowest BCUT2D eigenvalue weighted by Crippen LogP contribution is -2.30. The van der Waals surface area contributed by atoms with E-state index in [2.05, 4.69) is 10.5 Å². The molecule has 0 bridgehead atoms. The highest BCUT2D eigenvalue weighted by molar-refractivity contribution is 5.91. The fraction of sp³-hybridized carbons (Fsp3) is 0.562. The normalized spacial score (nSPS) is 22.0. The molecule has 2 heterocycles. The molecule has 1 aromatic rings. The van der Waals surface area contributed by atoms with Gasteiger partial charge >= 0.3 is 0 Å². The third-order valence-corrected chi connectivity index (χ3v) is 4.27. The van der Waals surface area contributed by atoms with Crippen LogP contribution >= 0.6 is 0 Å². The Morgan fingerprint density at radius 2 is 2.18 bits per heavy atom. The van der Waals surface area contributed by atoms with E-state index in [4.69, 9.17) is 4.42 Å². The summed E-state index contributed by atoms with van der Waals surface area (Å²) in [5.41, 5.74) is 3.71. The maximum atomic E-state index is 12.2. The van der Waals surface area contributed by atoms with Crippen LogP contribution in [-0.2, 0) is 16.1 Å². The van der Waals surface area contributed by atoms with Crippen LogP contribution in [0.4, 0.5) is 0 Å². The molecule has 1 saturated carbocycles. The first-order valence-corrected chi connectivity index (χ1v) is 7.88. The minimum Gasteiger partial charge on any atom is -0.467 e. The molecule has 0 spiro atoms. The molecule has 118 valence electrons. The van der Waals surface area contributed by atoms with Crippen LogP contribution < -0.4 is 5.43 Å². The van der Waals surface area contributed by atoms with E-state index in [1.165, 1.54) is 6.42 Å². The van der Waals surface area contributed by atoms with Crippen molar-refractivity contribution in [2.45, 2.75) is 45.1 Å². The first-order valence-electron chi connectivity index (χ1n) is 7.88. The minimum atomic E-state index is -0.324. The number of carbonyl (C=O) groups excluding carboxylic acids is 2. The minimum absolute atomic E-state index is 0.0122. The predicted molar refractivity (Wildman–Crippen MR) is 80.9 cm³/mol. The number of hydrazone groups is 1. The molecule has 1 N–H and O–H groups in total. The molecule has 6 heteroatoms. The lowest BCUT2D eigenvalue weighted by molar-refractivity contribution is -0.129. The van der Waals surface area contributed by atoms with Crippen molar-refractivity contribution < 1.29 is 14.0 Å². The molecule has 1 unspecified atom stereocenters. The third-order valence-electron chi connectivity index (χ3n) is 4.27. The molecule has 2 fully saturated rings. The highest BCUT2D eigenvalue weighted by Crippen LogP contribution is 2.21. The molecule has 3 rings (SSSR count). The molecule has 2 aliphatic rings. The number of nitrogens with zero attached hydrogens (tertiary/aromatic N) is 2. The standard InChI is InChI=1S/C16H21N3O3/c20-15-9-12(10-19(15)11-14-7-4-8-22-14)16(21)18-17-13-5-2-1-3-6-13/h4,7-8,12H,1-3,5-6,9-11H2,(H,18,21). The van der Waals surface area contributed by atoms with E-state index in [1.807, 2.05) is 6.07 Å². The zero-order valence-electron chi connectivity index (χ0n) is 12.6. The molecule has 1 atom stereocenters. The van der Waals surface area contributed by atoms with Gasteiger partial charge < -0.3 is 9.32 Å². The van der Waals surface area contributed by atoms with E-state index in [9.17, 15) is 9.59 Å². The summed E-state index contributed by atoms with van der Waals surface area (Å²) in [7, 11) is 0. The van der Waals surface area contributed by atoms with Gasteiger partial charge in [0.1, 0.15) is 5.76 Å². The molecular weight excluding hydrogens is 282 g/mol. The van der Waals surface area contributed by atoms with E-state index in [0.717, 1.165) is 37.2 Å². The highest BCUT2D eigenvalue weighted by atomic mass is 16.3. The predicted octanol–water partition coefficient (Wildman–Crippen LogP) is 2.06. The van der Waals surface area contributed by atoms with Gasteiger partial charge in [-0.15, -0.1) is 0 Å². The van der Waals surface area contributed by atoms with Crippen LogP contribution in [0, 0.1) is 5.92 Å². The molecule has 2 amide bonds. The fourth-order valence-corrected chi connectivity index (χ4v) is 2.99. The van der Waals surface area contributed by atoms with Gasteiger partial charge in [0.15, 0.2) is 0 Å². The Kier molecular flexibility index (Phi) is 4.56.